The maximum atomic E-state index is 13.0. The van der Waals surface area contributed by atoms with Crippen molar-refractivity contribution in [3.63, 3.8) is 0 Å². The Balaban J connectivity index is 2.96. The first-order valence-corrected chi connectivity index (χ1v) is 7.30. The number of rotatable bonds is 5. The van der Waals surface area contributed by atoms with E-state index in [9.17, 15) is 21.6 Å². The standard InChI is InChI=1S/C11H14F3NO2S/c1-15-10(3-4-18(2,16)17)7-5-8(12)11(14)9(13)6-7/h5-6,10,15H,3-4H2,1-2H3. The lowest BCUT2D eigenvalue weighted by Crippen LogP contribution is -2.20. The molecule has 0 saturated heterocycles. The zero-order valence-electron chi connectivity index (χ0n) is 10.0. The van der Waals surface area contributed by atoms with E-state index in [0.717, 1.165) is 18.4 Å². The Labute approximate surface area is 104 Å². The van der Waals surface area contributed by atoms with E-state index in [1.807, 2.05) is 0 Å². The van der Waals surface area contributed by atoms with Crippen molar-refractivity contribution in [2.75, 3.05) is 19.1 Å². The first-order chi connectivity index (χ1) is 8.24. The van der Waals surface area contributed by atoms with Crippen LogP contribution in [0.5, 0.6) is 0 Å². The Kier molecular flexibility index (Phi) is 4.75. The predicted octanol–water partition coefficient (Wildman–Crippen LogP) is 1.80. The molecule has 18 heavy (non-hydrogen) atoms. The molecule has 7 heteroatoms. The first kappa shape index (κ1) is 15.0. The molecule has 0 amide bonds. The van der Waals surface area contributed by atoms with Crippen LogP contribution >= 0.6 is 0 Å². The van der Waals surface area contributed by atoms with Gasteiger partial charge >= 0.3 is 0 Å². The van der Waals surface area contributed by atoms with Gasteiger partial charge < -0.3 is 5.32 Å². The molecule has 0 aliphatic heterocycles. The second-order valence-electron chi connectivity index (χ2n) is 4.06. The monoisotopic (exact) mass is 281 g/mol. The van der Waals surface area contributed by atoms with E-state index in [4.69, 9.17) is 0 Å². The molecule has 3 nitrogen and oxygen atoms in total. The molecule has 1 rings (SSSR count). The summed E-state index contributed by atoms with van der Waals surface area (Å²) in [4.78, 5) is 0. The van der Waals surface area contributed by atoms with Crippen molar-refractivity contribution in [3.05, 3.63) is 35.1 Å². The SMILES string of the molecule is CNC(CCS(C)(=O)=O)c1cc(F)c(F)c(F)c1. The van der Waals surface area contributed by atoms with Crippen LogP contribution < -0.4 is 5.32 Å². The molecule has 1 unspecified atom stereocenters. The van der Waals surface area contributed by atoms with E-state index in [1.165, 1.54) is 7.05 Å². The Morgan fingerprint density at radius 3 is 2.11 bits per heavy atom. The number of halogens is 3. The second kappa shape index (κ2) is 5.71. The molecule has 1 atom stereocenters. The summed E-state index contributed by atoms with van der Waals surface area (Å²) in [5.41, 5.74) is 0.178. The van der Waals surface area contributed by atoms with Crippen LogP contribution in [0.25, 0.3) is 0 Å². The van der Waals surface area contributed by atoms with Gasteiger partial charge in [0.15, 0.2) is 17.5 Å². The highest BCUT2D eigenvalue weighted by molar-refractivity contribution is 7.90. The lowest BCUT2D eigenvalue weighted by atomic mass is 10.0. The quantitative estimate of drug-likeness (QED) is 0.837. The van der Waals surface area contributed by atoms with Gasteiger partial charge in [0, 0.05) is 12.3 Å². The van der Waals surface area contributed by atoms with Crippen LogP contribution in [0.4, 0.5) is 13.2 Å². The minimum absolute atomic E-state index is 0.126. The molecular formula is C11H14F3NO2S. The fourth-order valence-electron chi connectivity index (χ4n) is 1.59. The summed E-state index contributed by atoms with van der Waals surface area (Å²) >= 11 is 0. The van der Waals surface area contributed by atoms with Gasteiger partial charge in [-0.3, -0.25) is 0 Å². The largest absolute Gasteiger partial charge is 0.313 e. The van der Waals surface area contributed by atoms with Crippen molar-refractivity contribution in [3.8, 4) is 0 Å². The second-order valence-corrected chi connectivity index (χ2v) is 6.32. The van der Waals surface area contributed by atoms with Gasteiger partial charge in [-0.1, -0.05) is 0 Å². The summed E-state index contributed by atoms with van der Waals surface area (Å²) < 4.78 is 61.0. The van der Waals surface area contributed by atoms with Crippen molar-refractivity contribution in [2.45, 2.75) is 12.5 Å². The van der Waals surface area contributed by atoms with Gasteiger partial charge in [0.05, 0.1) is 5.75 Å². The third kappa shape index (κ3) is 3.99. The molecule has 0 aliphatic carbocycles. The summed E-state index contributed by atoms with van der Waals surface area (Å²) in [7, 11) is -1.63. The van der Waals surface area contributed by atoms with Crippen molar-refractivity contribution in [1.29, 1.82) is 0 Å². The molecule has 1 aromatic rings. The van der Waals surface area contributed by atoms with Gasteiger partial charge in [-0.05, 0) is 31.2 Å². The van der Waals surface area contributed by atoms with Gasteiger partial charge in [0.1, 0.15) is 9.84 Å². The fraction of sp³-hybridized carbons (Fsp3) is 0.455. The topological polar surface area (TPSA) is 46.2 Å². The van der Waals surface area contributed by atoms with Gasteiger partial charge in [-0.15, -0.1) is 0 Å². The van der Waals surface area contributed by atoms with Crippen LogP contribution in [0, 0.1) is 17.5 Å². The molecule has 0 fully saturated rings. The Morgan fingerprint density at radius 1 is 1.22 bits per heavy atom. The zero-order chi connectivity index (χ0) is 13.9. The van der Waals surface area contributed by atoms with E-state index in [1.54, 1.807) is 0 Å². The third-order valence-electron chi connectivity index (χ3n) is 2.53. The van der Waals surface area contributed by atoms with E-state index in [-0.39, 0.29) is 17.7 Å². The van der Waals surface area contributed by atoms with Crippen LogP contribution in [0.1, 0.15) is 18.0 Å². The summed E-state index contributed by atoms with van der Waals surface area (Å²) in [6, 6.07) is 1.17. The summed E-state index contributed by atoms with van der Waals surface area (Å²) in [6.45, 7) is 0. The maximum Gasteiger partial charge on any atom is 0.194 e. The normalized spacial score (nSPS) is 13.6. The van der Waals surface area contributed by atoms with Crippen molar-refractivity contribution >= 4 is 9.84 Å². The molecule has 0 aromatic heterocycles. The van der Waals surface area contributed by atoms with Gasteiger partial charge in [-0.25, -0.2) is 21.6 Å². The number of sulfone groups is 1. The number of hydrogen-bond donors (Lipinski definition) is 1. The van der Waals surface area contributed by atoms with Crippen LogP contribution in [0.2, 0.25) is 0 Å². The minimum Gasteiger partial charge on any atom is -0.313 e. The Bertz CT molecular complexity index is 508. The first-order valence-electron chi connectivity index (χ1n) is 5.24. The maximum absolute atomic E-state index is 13.0. The molecule has 102 valence electrons. The van der Waals surface area contributed by atoms with Crippen LogP contribution in [-0.2, 0) is 9.84 Å². The lowest BCUT2D eigenvalue weighted by molar-refractivity contribution is 0.440. The van der Waals surface area contributed by atoms with E-state index in [0.29, 0.717) is 0 Å². The van der Waals surface area contributed by atoms with Crippen LogP contribution in [0.3, 0.4) is 0 Å². The smallest absolute Gasteiger partial charge is 0.194 e. The van der Waals surface area contributed by atoms with Crippen LogP contribution in [0.15, 0.2) is 12.1 Å². The van der Waals surface area contributed by atoms with Crippen molar-refractivity contribution < 1.29 is 21.6 Å². The highest BCUT2D eigenvalue weighted by Crippen LogP contribution is 2.21. The highest BCUT2D eigenvalue weighted by atomic mass is 32.2. The van der Waals surface area contributed by atoms with Gasteiger partial charge in [-0.2, -0.15) is 0 Å². The van der Waals surface area contributed by atoms with Crippen molar-refractivity contribution in [1.82, 2.24) is 5.32 Å². The van der Waals surface area contributed by atoms with E-state index in [2.05, 4.69) is 5.32 Å². The molecule has 0 heterocycles. The average molecular weight is 281 g/mol. The number of benzene rings is 1. The predicted molar refractivity (Wildman–Crippen MR) is 62.4 cm³/mol. The van der Waals surface area contributed by atoms with E-state index >= 15 is 0 Å². The highest BCUT2D eigenvalue weighted by Gasteiger charge is 2.17. The number of hydrogen-bond acceptors (Lipinski definition) is 3. The summed E-state index contributed by atoms with van der Waals surface area (Å²) in [5, 5.41) is 2.74. The van der Waals surface area contributed by atoms with Gasteiger partial charge in [0.2, 0.25) is 0 Å². The number of nitrogens with one attached hydrogen (secondary N) is 1. The Morgan fingerprint density at radius 2 is 1.72 bits per heavy atom. The molecule has 1 N–H and O–H groups in total. The average Bonchev–Trinajstić information content (AvgIpc) is 2.25. The Hall–Kier alpha value is -1.08. The minimum atomic E-state index is -3.17. The third-order valence-corrected chi connectivity index (χ3v) is 3.51. The lowest BCUT2D eigenvalue weighted by Gasteiger charge is -2.16. The molecular weight excluding hydrogens is 267 g/mol. The van der Waals surface area contributed by atoms with Crippen molar-refractivity contribution in [2.24, 2.45) is 0 Å². The molecule has 0 spiro atoms. The van der Waals surface area contributed by atoms with E-state index < -0.39 is 33.3 Å². The zero-order valence-corrected chi connectivity index (χ0v) is 10.8. The molecule has 0 radical (unpaired) electrons. The molecule has 0 saturated carbocycles. The van der Waals surface area contributed by atoms with Crippen LogP contribution in [-0.4, -0.2) is 27.5 Å². The molecule has 1 aromatic carbocycles. The summed E-state index contributed by atoms with van der Waals surface area (Å²) in [5.74, 6) is -4.23. The molecule has 0 bridgehead atoms. The fourth-order valence-corrected chi connectivity index (χ4v) is 2.25. The van der Waals surface area contributed by atoms with Gasteiger partial charge in [0.25, 0.3) is 0 Å². The molecule has 0 aliphatic rings. The summed E-state index contributed by atoms with van der Waals surface area (Å²) in [6.07, 6.45) is 1.23.